The Morgan fingerprint density at radius 3 is 2.62 bits per heavy atom. The third-order valence-electron chi connectivity index (χ3n) is 5.19. The summed E-state index contributed by atoms with van der Waals surface area (Å²) in [4.78, 5) is 20.3. The lowest BCUT2D eigenvalue weighted by Gasteiger charge is -2.20. The predicted octanol–water partition coefficient (Wildman–Crippen LogP) is 4.30. The molecule has 6 nitrogen and oxygen atoms in total. The molecule has 5 rings (SSSR count). The maximum Gasteiger partial charge on any atom is 0.258 e. The molecule has 1 aliphatic heterocycles. The summed E-state index contributed by atoms with van der Waals surface area (Å²) >= 11 is 0. The minimum atomic E-state index is -0.210. The van der Waals surface area contributed by atoms with Gasteiger partial charge < -0.3 is 19.2 Å². The second-order valence-corrected chi connectivity index (χ2v) is 6.81. The smallest absolute Gasteiger partial charge is 0.258 e. The average molecular weight is 386 g/mol. The van der Waals surface area contributed by atoms with Gasteiger partial charge in [-0.25, -0.2) is 0 Å². The zero-order chi connectivity index (χ0) is 20.0. The topological polar surface area (TPSA) is 73.4 Å². The quantitative estimate of drug-likeness (QED) is 0.500. The molecule has 1 N–H and O–H groups in total. The first-order chi connectivity index (χ1) is 14.2. The SMILES string of the molecule is COc1ccc(-c2nc3c(c(=O)[nH]2)Cc2c(ccc4ccccc24)O3)cc1OC. The summed E-state index contributed by atoms with van der Waals surface area (Å²) in [5.41, 5.74) is 2.02. The molecule has 1 aliphatic rings. The van der Waals surface area contributed by atoms with E-state index in [4.69, 9.17) is 14.2 Å². The van der Waals surface area contributed by atoms with Gasteiger partial charge in [0.1, 0.15) is 11.6 Å². The summed E-state index contributed by atoms with van der Waals surface area (Å²) in [5, 5.41) is 2.20. The first-order valence-electron chi connectivity index (χ1n) is 9.22. The Morgan fingerprint density at radius 2 is 1.79 bits per heavy atom. The largest absolute Gasteiger partial charge is 0.493 e. The summed E-state index contributed by atoms with van der Waals surface area (Å²) in [6.07, 6.45) is 0.473. The highest BCUT2D eigenvalue weighted by Gasteiger charge is 2.24. The Balaban J connectivity index is 1.61. The summed E-state index contributed by atoms with van der Waals surface area (Å²) in [6.45, 7) is 0. The number of benzene rings is 3. The molecule has 0 saturated carbocycles. The van der Waals surface area contributed by atoms with Crippen LogP contribution in [0.1, 0.15) is 11.1 Å². The van der Waals surface area contributed by atoms with Crippen LogP contribution in [0.25, 0.3) is 22.2 Å². The fraction of sp³-hybridized carbons (Fsp3) is 0.130. The van der Waals surface area contributed by atoms with Crippen molar-refractivity contribution in [3.05, 3.63) is 76.1 Å². The van der Waals surface area contributed by atoms with Crippen molar-refractivity contribution in [1.82, 2.24) is 9.97 Å². The summed E-state index contributed by atoms with van der Waals surface area (Å²) in [7, 11) is 3.14. The fourth-order valence-electron chi connectivity index (χ4n) is 3.71. The van der Waals surface area contributed by atoms with Crippen LogP contribution in [0.2, 0.25) is 0 Å². The highest BCUT2D eigenvalue weighted by atomic mass is 16.5. The molecule has 4 aromatic rings. The normalized spacial score (nSPS) is 12.1. The first-order valence-corrected chi connectivity index (χ1v) is 9.22. The molecule has 0 aliphatic carbocycles. The van der Waals surface area contributed by atoms with Crippen LogP contribution in [0, 0.1) is 0 Å². The van der Waals surface area contributed by atoms with Crippen molar-refractivity contribution < 1.29 is 14.2 Å². The van der Waals surface area contributed by atoms with E-state index in [1.807, 2.05) is 42.5 Å². The standard InChI is InChI=1S/C23H18N2O4/c1-27-19-10-8-14(11-20(19)28-2)21-24-22(26)17-12-16-15-6-4-3-5-13(15)7-9-18(16)29-23(17)25-21/h3-11H,12H2,1-2H3,(H,24,25,26). The van der Waals surface area contributed by atoms with Gasteiger partial charge in [-0.15, -0.1) is 0 Å². The number of hydrogen-bond donors (Lipinski definition) is 1. The average Bonchev–Trinajstić information content (AvgIpc) is 2.77. The zero-order valence-corrected chi connectivity index (χ0v) is 16.0. The van der Waals surface area contributed by atoms with Crippen LogP contribution in [0.5, 0.6) is 23.1 Å². The van der Waals surface area contributed by atoms with Crippen molar-refractivity contribution in [3.8, 4) is 34.5 Å². The Morgan fingerprint density at radius 1 is 0.966 bits per heavy atom. The predicted molar refractivity (Wildman–Crippen MR) is 110 cm³/mol. The monoisotopic (exact) mass is 386 g/mol. The Kier molecular flexibility index (Phi) is 3.98. The van der Waals surface area contributed by atoms with Crippen molar-refractivity contribution in [2.75, 3.05) is 14.2 Å². The van der Waals surface area contributed by atoms with Gasteiger partial charge in [0.05, 0.1) is 19.8 Å². The van der Waals surface area contributed by atoms with Crippen LogP contribution >= 0.6 is 0 Å². The fourth-order valence-corrected chi connectivity index (χ4v) is 3.71. The Hall–Kier alpha value is -3.80. The lowest BCUT2D eigenvalue weighted by atomic mass is 9.96. The van der Waals surface area contributed by atoms with Crippen LogP contribution in [0.4, 0.5) is 0 Å². The van der Waals surface area contributed by atoms with Gasteiger partial charge in [-0.3, -0.25) is 4.79 Å². The molecular weight excluding hydrogens is 368 g/mol. The van der Waals surface area contributed by atoms with Crippen molar-refractivity contribution in [2.45, 2.75) is 6.42 Å². The third kappa shape index (κ3) is 2.81. The molecule has 29 heavy (non-hydrogen) atoms. The van der Waals surface area contributed by atoms with Crippen LogP contribution < -0.4 is 19.8 Å². The lowest BCUT2D eigenvalue weighted by Crippen LogP contribution is -2.20. The number of H-pyrrole nitrogens is 1. The molecule has 0 spiro atoms. The van der Waals surface area contributed by atoms with E-state index < -0.39 is 0 Å². The minimum Gasteiger partial charge on any atom is -0.493 e. The molecule has 0 saturated heterocycles. The molecule has 2 heterocycles. The highest BCUT2D eigenvalue weighted by molar-refractivity contribution is 5.88. The summed E-state index contributed by atoms with van der Waals surface area (Å²) < 4.78 is 16.7. The van der Waals surface area contributed by atoms with Crippen molar-refractivity contribution in [3.63, 3.8) is 0 Å². The van der Waals surface area contributed by atoms with Gasteiger partial charge in [0, 0.05) is 17.5 Å². The highest BCUT2D eigenvalue weighted by Crippen LogP contribution is 2.39. The van der Waals surface area contributed by atoms with E-state index in [1.54, 1.807) is 26.4 Å². The van der Waals surface area contributed by atoms with Crippen LogP contribution in [0.15, 0.2) is 59.4 Å². The van der Waals surface area contributed by atoms with Crippen molar-refractivity contribution >= 4 is 10.8 Å². The van der Waals surface area contributed by atoms with E-state index >= 15 is 0 Å². The van der Waals surface area contributed by atoms with Gasteiger partial charge in [-0.05, 0) is 35.0 Å². The van der Waals surface area contributed by atoms with Crippen LogP contribution in [-0.4, -0.2) is 24.2 Å². The second kappa shape index (κ2) is 6.67. The number of ether oxygens (including phenoxy) is 3. The van der Waals surface area contributed by atoms with Gasteiger partial charge in [-0.1, -0.05) is 30.3 Å². The van der Waals surface area contributed by atoms with Gasteiger partial charge in [0.15, 0.2) is 11.5 Å². The number of aromatic nitrogens is 2. The van der Waals surface area contributed by atoms with Gasteiger partial charge in [0.2, 0.25) is 5.88 Å². The Labute approximate surface area is 166 Å². The third-order valence-corrected chi connectivity index (χ3v) is 5.19. The van der Waals surface area contributed by atoms with E-state index in [1.165, 1.54) is 0 Å². The van der Waals surface area contributed by atoms with Gasteiger partial charge in [0.25, 0.3) is 5.56 Å². The zero-order valence-electron chi connectivity index (χ0n) is 16.0. The van der Waals surface area contributed by atoms with E-state index in [2.05, 4.69) is 9.97 Å². The summed E-state index contributed by atoms with van der Waals surface area (Å²) in [5.74, 6) is 2.64. The number of fused-ring (bicyclic) bond motifs is 4. The molecule has 0 fully saturated rings. The maximum atomic E-state index is 12.8. The molecule has 0 amide bonds. The van der Waals surface area contributed by atoms with Gasteiger partial charge in [-0.2, -0.15) is 4.98 Å². The molecule has 6 heteroatoms. The number of rotatable bonds is 3. The van der Waals surface area contributed by atoms with E-state index in [0.29, 0.717) is 40.8 Å². The van der Waals surface area contributed by atoms with E-state index in [9.17, 15) is 4.79 Å². The molecule has 3 aromatic carbocycles. The summed E-state index contributed by atoms with van der Waals surface area (Å²) in [6, 6.07) is 17.4. The molecule has 0 atom stereocenters. The second-order valence-electron chi connectivity index (χ2n) is 6.81. The maximum absolute atomic E-state index is 12.8. The molecule has 0 bridgehead atoms. The number of nitrogens with one attached hydrogen (secondary N) is 1. The van der Waals surface area contributed by atoms with Gasteiger partial charge >= 0.3 is 0 Å². The number of methoxy groups -OCH3 is 2. The first kappa shape index (κ1) is 17.3. The number of aromatic amines is 1. The molecule has 0 unspecified atom stereocenters. The Bertz CT molecular complexity index is 1310. The number of nitrogens with zero attached hydrogens (tertiary/aromatic N) is 1. The molecular formula is C23H18N2O4. The number of hydrogen-bond acceptors (Lipinski definition) is 5. The lowest BCUT2D eigenvalue weighted by molar-refractivity contribution is 0.355. The van der Waals surface area contributed by atoms with E-state index in [0.717, 1.165) is 22.1 Å². The van der Waals surface area contributed by atoms with Crippen LogP contribution in [-0.2, 0) is 6.42 Å². The molecule has 1 aromatic heterocycles. The van der Waals surface area contributed by atoms with E-state index in [-0.39, 0.29) is 5.56 Å². The minimum absolute atomic E-state index is 0.210. The van der Waals surface area contributed by atoms with Crippen molar-refractivity contribution in [2.24, 2.45) is 0 Å². The van der Waals surface area contributed by atoms with Crippen LogP contribution in [0.3, 0.4) is 0 Å². The molecule has 0 radical (unpaired) electrons. The van der Waals surface area contributed by atoms with Crippen molar-refractivity contribution in [1.29, 1.82) is 0 Å². The molecule has 144 valence electrons.